The maximum atomic E-state index is 13.3. The first kappa shape index (κ1) is 21.2. The Balaban J connectivity index is 1.36. The monoisotopic (exact) mass is 440 g/mol. The highest BCUT2D eigenvalue weighted by molar-refractivity contribution is 5.83. The van der Waals surface area contributed by atoms with Gasteiger partial charge in [0.15, 0.2) is 5.65 Å². The van der Waals surface area contributed by atoms with Gasteiger partial charge in [0, 0.05) is 24.3 Å². The normalized spacial score (nSPS) is 15.4. The fourth-order valence-corrected chi connectivity index (χ4v) is 4.93. The number of carbonyl (C=O) groups is 1. The zero-order valence-electron chi connectivity index (χ0n) is 19.0. The zero-order chi connectivity index (χ0) is 22.9. The molecule has 2 aromatic carbocycles. The molecule has 2 aromatic heterocycles. The van der Waals surface area contributed by atoms with E-state index < -0.39 is 0 Å². The molecule has 0 aliphatic heterocycles. The van der Waals surface area contributed by atoms with Crippen LogP contribution in [0.3, 0.4) is 0 Å². The average molecular weight is 441 g/mol. The van der Waals surface area contributed by atoms with E-state index in [0.29, 0.717) is 17.6 Å². The van der Waals surface area contributed by atoms with Crippen LogP contribution in [0.4, 0.5) is 0 Å². The summed E-state index contributed by atoms with van der Waals surface area (Å²) >= 11 is 0. The number of amides is 1. The SMILES string of the molecule is Cc1c(C)n(-c2ccccc2)c2ncn(CCC(=O)NC3CCCc4ccccc43)c(=O)c12. The van der Waals surface area contributed by atoms with E-state index >= 15 is 0 Å². The Morgan fingerprint density at radius 2 is 1.85 bits per heavy atom. The van der Waals surface area contributed by atoms with Crippen molar-refractivity contribution in [2.24, 2.45) is 0 Å². The Labute approximate surface area is 192 Å². The summed E-state index contributed by atoms with van der Waals surface area (Å²) in [6, 6.07) is 18.3. The van der Waals surface area contributed by atoms with Gasteiger partial charge in [0.1, 0.15) is 0 Å². The molecule has 0 bridgehead atoms. The molecule has 6 heteroatoms. The summed E-state index contributed by atoms with van der Waals surface area (Å²) in [4.78, 5) is 30.6. The molecule has 0 saturated heterocycles. The number of fused-ring (bicyclic) bond motifs is 2. The maximum Gasteiger partial charge on any atom is 0.263 e. The first-order valence-electron chi connectivity index (χ1n) is 11.5. The van der Waals surface area contributed by atoms with Crippen molar-refractivity contribution >= 4 is 16.9 Å². The minimum absolute atomic E-state index is 0.0431. The third-order valence-electron chi connectivity index (χ3n) is 6.78. The number of aryl methyl sites for hydroxylation is 3. The summed E-state index contributed by atoms with van der Waals surface area (Å²) in [5.74, 6) is -0.0431. The lowest BCUT2D eigenvalue weighted by Gasteiger charge is -2.26. The van der Waals surface area contributed by atoms with Gasteiger partial charge in [0.2, 0.25) is 5.91 Å². The summed E-state index contributed by atoms with van der Waals surface area (Å²) in [6.45, 7) is 4.26. The van der Waals surface area contributed by atoms with Crippen molar-refractivity contribution in [1.82, 2.24) is 19.4 Å². The zero-order valence-corrected chi connectivity index (χ0v) is 19.0. The van der Waals surface area contributed by atoms with Gasteiger partial charge >= 0.3 is 0 Å². The molecule has 1 atom stereocenters. The van der Waals surface area contributed by atoms with Gasteiger partial charge in [0.05, 0.1) is 17.8 Å². The van der Waals surface area contributed by atoms with Gasteiger partial charge < -0.3 is 5.32 Å². The molecule has 0 saturated carbocycles. The standard InChI is InChI=1S/C27H28N4O2/c1-18-19(2)31(21-11-4-3-5-12-21)26-25(18)27(33)30(17-28-26)16-15-24(32)29-23-14-8-10-20-9-6-7-13-22(20)23/h3-7,9,11-13,17,23H,8,10,14-16H2,1-2H3,(H,29,32). The van der Waals surface area contributed by atoms with Crippen molar-refractivity contribution in [3.05, 3.63) is 93.7 Å². The van der Waals surface area contributed by atoms with Crippen LogP contribution in [0.25, 0.3) is 16.7 Å². The molecule has 1 aliphatic rings. The second-order valence-corrected chi connectivity index (χ2v) is 8.78. The van der Waals surface area contributed by atoms with Crippen molar-refractivity contribution in [1.29, 1.82) is 0 Å². The summed E-state index contributed by atoms with van der Waals surface area (Å²) in [6.07, 6.45) is 4.88. The fraction of sp³-hybridized carbons (Fsp3) is 0.296. The summed E-state index contributed by atoms with van der Waals surface area (Å²) in [5.41, 5.74) is 5.97. The molecular weight excluding hydrogens is 412 g/mol. The summed E-state index contributed by atoms with van der Waals surface area (Å²) < 4.78 is 3.57. The topological polar surface area (TPSA) is 68.9 Å². The van der Waals surface area contributed by atoms with Crippen molar-refractivity contribution in [3.8, 4) is 5.69 Å². The van der Waals surface area contributed by atoms with Crippen LogP contribution < -0.4 is 10.9 Å². The third kappa shape index (κ3) is 3.86. The molecule has 1 amide bonds. The number of para-hydroxylation sites is 1. The number of nitrogens with zero attached hydrogens (tertiary/aromatic N) is 3. The predicted octanol–water partition coefficient (Wildman–Crippen LogP) is 4.39. The number of carbonyl (C=O) groups excluding carboxylic acids is 1. The lowest BCUT2D eigenvalue weighted by atomic mass is 9.88. The molecule has 4 aromatic rings. The van der Waals surface area contributed by atoms with E-state index in [1.807, 2.05) is 60.9 Å². The smallest absolute Gasteiger partial charge is 0.263 e. The van der Waals surface area contributed by atoms with Gasteiger partial charge in [-0.25, -0.2) is 4.98 Å². The van der Waals surface area contributed by atoms with Crippen LogP contribution in [-0.2, 0) is 17.8 Å². The Bertz CT molecular complexity index is 1380. The van der Waals surface area contributed by atoms with Gasteiger partial charge in [-0.1, -0.05) is 42.5 Å². The van der Waals surface area contributed by atoms with Crippen molar-refractivity contribution in [3.63, 3.8) is 0 Å². The number of hydrogen-bond acceptors (Lipinski definition) is 3. The number of nitrogens with one attached hydrogen (secondary N) is 1. The van der Waals surface area contributed by atoms with E-state index in [2.05, 4.69) is 22.4 Å². The van der Waals surface area contributed by atoms with Crippen molar-refractivity contribution in [2.75, 3.05) is 0 Å². The van der Waals surface area contributed by atoms with Crippen LogP contribution in [-0.4, -0.2) is 20.0 Å². The highest BCUT2D eigenvalue weighted by atomic mass is 16.2. The molecule has 0 fully saturated rings. The van der Waals surface area contributed by atoms with Gasteiger partial charge in [-0.15, -0.1) is 0 Å². The number of benzene rings is 2. The predicted molar refractivity (Wildman–Crippen MR) is 130 cm³/mol. The molecule has 2 heterocycles. The minimum Gasteiger partial charge on any atom is -0.349 e. The number of rotatable bonds is 5. The van der Waals surface area contributed by atoms with E-state index in [4.69, 9.17) is 0 Å². The summed E-state index contributed by atoms with van der Waals surface area (Å²) in [5, 5.41) is 3.78. The van der Waals surface area contributed by atoms with Crippen LogP contribution in [0.2, 0.25) is 0 Å². The molecule has 6 nitrogen and oxygen atoms in total. The van der Waals surface area contributed by atoms with E-state index in [9.17, 15) is 9.59 Å². The molecule has 168 valence electrons. The van der Waals surface area contributed by atoms with Gasteiger partial charge in [-0.05, 0) is 61.9 Å². The van der Waals surface area contributed by atoms with E-state index in [1.165, 1.54) is 11.1 Å². The lowest BCUT2D eigenvalue weighted by molar-refractivity contribution is -0.122. The Kier molecular flexibility index (Phi) is 5.58. The Morgan fingerprint density at radius 3 is 2.67 bits per heavy atom. The molecular formula is C27H28N4O2. The van der Waals surface area contributed by atoms with Crippen LogP contribution in [0.1, 0.15) is 47.7 Å². The Morgan fingerprint density at radius 1 is 1.09 bits per heavy atom. The Hall–Kier alpha value is -3.67. The van der Waals surface area contributed by atoms with E-state index in [1.54, 1.807) is 10.9 Å². The highest BCUT2D eigenvalue weighted by Gasteiger charge is 2.22. The quantitative estimate of drug-likeness (QED) is 0.501. The van der Waals surface area contributed by atoms with E-state index in [0.717, 1.165) is 36.2 Å². The second-order valence-electron chi connectivity index (χ2n) is 8.78. The minimum atomic E-state index is -0.105. The van der Waals surface area contributed by atoms with Crippen LogP contribution >= 0.6 is 0 Å². The van der Waals surface area contributed by atoms with Crippen LogP contribution in [0.15, 0.2) is 65.7 Å². The van der Waals surface area contributed by atoms with Crippen molar-refractivity contribution < 1.29 is 4.79 Å². The number of aromatic nitrogens is 3. The van der Waals surface area contributed by atoms with Gasteiger partial charge in [-0.3, -0.25) is 18.7 Å². The number of hydrogen-bond donors (Lipinski definition) is 1. The molecule has 1 unspecified atom stereocenters. The molecule has 5 rings (SSSR count). The molecule has 1 N–H and O–H groups in total. The molecule has 0 spiro atoms. The highest BCUT2D eigenvalue weighted by Crippen LogP contribution is 2.29. The lowest BCUT2D eigenvalue weighted by Crippen LogP contribution is -2.32. The molecule has 1 aliphatic carbocycles. The van der Waals surface area contributed by atoms with Crippen molar-refractivity contribution in [2.45, 2.75) is 52.1 Å². The average Bonchev–Trinajstić information content (AvgIpc) is 3.10. The first-order valence-corrected chi connectivity index (χ1v) is 11.5. The first-order chi connectivity index (χ1) is 16.0. The van der Waals surface area contributed by atoms with Gasteiger partial charge in [-0.2, -0.15) is 0 Å². The van der Waals surface area contributed by atoms with Gasteiger partial charge in [0.25, 0.3) is 5.56 Å². The second kappa shape index (κ2) is 8.70. The van der Waals surface area contributed by atoms with Crippen LogP contribution in [0, 0.1) is 13.8 Å². The largest absolute Gasteiger partial charge is 0.349 e. The maximum absolute atomic E-state index is 13.3. The molecule has 0 radical (unpaired) electrons. The fourth-order valence-electron chi connectivity index (χ4n) is 4.93. The summed E-state index contributed by atoms with van der Waals surface area (Å²) in [7, 11) is 0. The van der Waals surface area contributed by atoms with E-state index in [-0.39, 0.29) is 23.9 Å². The van der Waals surface area contributed by atoms with Crippen LogP contribution in [0.5, 0.6) is 0 Å². The molecule has 33 heavy (non-hydrogen) atoms. The third-order valence-corrected chi connectivity index (χ3v) is 6.78.